The molecule has 0 spiro atoms. The van der Waals surface area contributed by atoms with E-state index >= 15 is 0 Å². The minimum Gasteiger partial charge on any atom is -0.389 e. The largest absolute Gasteiger partial charge is 0.389 e. The van der Waals surface area contributed by atoms with Crippen LogP contribution in [0.3, 0.4) is 0 Å². The minimum absolute atomic E-state index is 0.0867. The lowest BCUT2D eigenvalue weighted by molar-refractivity contribution is 0.0789. The Kier molecular flexibility index (Phi) is 4.37. The monoisotopic (exact) mass is 237 g/mol. The topological polar surface area (TPSA) is 59.2 Å². The Morgan fingerprint density at radius 2 is 2.25 bits per heavy atom. The highest BCUT2D eigenvalue weighted by Crippen LogP contribution is 2.03. The number of amides is 1. The van der Waals surface area contributed by atoms with E-state index in [1.807, 2.05) is 6.92 Å². The normalized spacial score (nSPS) is 9.88. The van der Waals surface area contributed by atoms with Gasteiger partial charge in [-0.15, -0.1) is 0 Å². The molecule has 0 aliphatic rings. The quantitative estimate of drug-likeness (QED) is 0.799. The summed E-state index contributed by atoms with van der Waals surface area (Å²) >= 11 is 4.81. The lowest BCUT2D eigenvalue weighted by Crippen LogP contribution is -2.28. The molecule has 1 heterocycles. The average molecular weight is 237 g/mol. The molecule has 0 unspecified atom stereocenters. The number of pyridine rings is 1. The van der Waals surface area contributed by atoms with Crippen LogP contribution < -0.4 is 5.73 Å². The summed E-state index contributed by atoms with van der Waals surface area (Å²) in [5.41, 5.74) is 6.53. The summed E-state index contributed by atoms with van der Waals surface area (Å²) in [6.45, 7) is 2.74. The molecule has 1 rings (SSSR count). The fraction of sp³-hybridized carbons (Fsp3) is 0.364. The molecule has 1 aromatic heterocycles. The molecule has 0 aromatic carbocycles. The third kappa shape index (κ3) is 3.00. The molecule has 1 aromatic rings. The highest BCUT2D eigenvalue weighted by atomic mass is 32.1. The van der Waals surface area contributed by atoms with Gasteiger partial charge in [0.15, 0.2) is 0 Å². The van der Waals surface area contributed by atoms with Crippen LogP contribution in [-0.2, 0) is 0 Å². The van der Waals surface area contributed by atoms with Crippen LogP contribution in [0.1, 0.15) is 29.4 Å². The van der Waals surface area contributed by atoms with Gasteiger partial charge in [0.2, 0.25) is 0 Å². The van der Waals surface area contributed by atoms with E-state index in [1.165, 1.54) is 6.20 Å². The van der Waals surface area contributed by atoms with Gasteiger partial charge in [0.25, 0.3) is 5.91 Å². The van der Waals surface area contributed by atoms with Gasteiger partial charge in [-0.3, -0.25) is 9.78 Å². The van der Waals surface area contributed by atoms with Crippen LogP contribution in [0.5, 0.6) is 0 Å². The summed E-state index contributed by atoms with van der Waals surface area (Å²) in [7, 11) is 1.76. The third-order valence-electron chi connectivity index (χ3n) is 2.17. The average Bonchev–Trinajstić information content (AvgIpc) is 2.28. The SMILES string of the molecule is CCCN(C)C(=O)c1ccc(C(N)=S)cn1. The Balaban J connectivity index is 2.81. The second-order valence-electron chi connectivity index (χ2n) is 3.52. The molecule has 4 nitrogen and oxygen atoms in total. The molecule has 0 aliphatic heterocycles. The summed E-state index contributed by atoms with van der Waals surface area (Å²) in [4.78, 5) is 17.8. The molecule has 0 radical (unpaired) electrons. The Morgan fingerprint density at radius 1 is 1.56 bits per heavy atom. The van der Waals surface area contributed by atoms with Crippen molar-refractivity contribution in [2.24, 2.45) is 5.73 Å². The van der Waals surface area contributed by atoms with Crippen LogP contribution in [0.15, 0.2) is 18.3 Å². The van der Waals surface area contributed by atoms with Crippen LogP contribution in [0, 0.1) is 0 Å². The number of hydrogen-bond donors (Lipinski definition) is 1. The first kappa shape index (κ1) is 12.6. The Labute approximate surface area is 100 Å². The van der Waals surface area contributed by atoms with E-state index in [0.29, 0.717) is 11.3 Å². The van der Waals surface area contributed by atoms with Gasteiger partial charge in [-0.25, -0.2) is 0 Å². The fourth-order valence-corrected chi connectivity index (χ4v) is 1.42. The molecule has 5 heteroatoms. The van der Waals surface area contributed by atoms with E-state index in [-0.39, 0.29) is 10.9 Å². The smallest absolute Gasteiger partial charge is 0.272 e. The summed E-state index contributed by atoms with van der Waals surface area (Å²) in [6.07, 6.45) is 2.45. The Bertz CT molecular complexity index is 389. The maximum Gasteiger partial charge on any atom is 0.272 e. The first-order valence-corrected chi connectivity index (χ1v) is 5.48. The predicted molar refractivity (Wildman–Crippen MR) is 67.4 cm³/mol. The summed E-state index contributed by atoms with van der Waals surface area (Å²) in [6, 6.07) is 3.35. The third-order valence-corrected chi connectivity index (χ3v) is 2.41. The van der Waals surface area contributed by atoms with Gasteiger partial charge in [0, 0.05) is 25.4 Å². The molecule has 0 aliphatic carbocycles. The van der Waals surface area contributed by atoms with Crippen molar-refractivity contribution in [1.29, 1.82) is 0 Å². The van der Waals surface area contributed by atoms with E-state index < -0.39 is 0 Å². The van der Waals surface area contributed by atoms with Gasteiger partial charge in [-0.2, -0.15) is 0 Å². The lowest BCUT2D eigenvalue weighted by Gasteiger charge is -2.15. The summed E-state index contributed by atoms with van der Waals surface area (Å²) < 4.78 is 0. The first-order chi connectivity index (χ1) is 7.56. The van der Waals surface area contributed by atoms with Crippen molar-refractivity contribution in [2.75, 3.05) is 13.6 Å². The van der Waals surface area contributed by atoms with Crippen molar-refractivity contribution < 1.29 is 4.79 Å². The number of thiocarbonyl (C=S) groups is 1. The Morgan fingerprint density at radius 3 is 2.69 bits per heavy atom. The van der Waals surface area contributed by atoms with Gasteiger partial charge < -0.3 is 10.6 Å². The maximum absolute atomic E-state index is 11.8. The molecule has 2 N–H and O–H groups in total. The Hall–Kier alpha value is -1.49. The van der Waals surface area contributed by atoms with Crippen molar-refractivity contribution in [3.05, 3.63) is 29.6 Å². The number of hydrogen-bond acceptors (Lipinski definition) is 3. The van der Waals surface area contributed by atoms with E-state index in [2.05, 4.69) is 4.98 Å². The number of carbonyl (C=O) groups is 1. The molecule has 0 saturated carbocycles. The number of rotatable bonds is 4. The fourth-order valence-electron chi connectivity index (χ4n) is 1.30. The number of aromatic nitrogens is 1. The van der Waals surface area contributed by atoms with Crippen LogP contribution >= 0.6 is 12.2 Å². The molecule has 0 atom stereocenters. The van der Waals surface area contributed by atoms with Crippen LogP contribution in [0.25, 0.3) is 0 Å². The van der Waals surface area contributed by atoms with Crippen LogP contribution in [-0.4, -0.2) is 34.4 Å². The van der Waals surface area contributed by atoms with Crippen molar-refractivity contribution in [3.8, 4) is 0 Å². The summed E-state index contributed by atoms with van der Waals surface area (Å²) in [5.74, 6) is -0.0867. The van der Waals surface area contributed by atoms with Gasteiger partial charge in [-0.05, 0) is 18.6 Å². The molecule has 16 heavy (non-hydrogen) atoms. The zero-order valence-corrected chi connectivity index (χ0v) is 10.3. The zero-order valence-electron chi connectivity index (χ0n) is 9.43. The molecule has 0 fully saturated rings. The van der Waals surface area contributed by atoms with Gasteiger partial charge in [0.05, 0.1) is 0 Å². The van der Waals surface area contributed by atoms with E-state index in [4.69, 9.17) is 18.0 Å². The van der Waals surface area contributed by atoms with Gasteiger partial charge in [-0.1, -0.05) is 19.1 Å². The van der Waals surface area contributed by atoms with Crippen molar-refractivity contribution in [1.82, 2.24) is 9.88 Å². The molecule has 0 saturated heterocycles. The van der Waals surface area contributed by atoms with E-state index in [0.717, 1.165) is 13.0 Å². The predicted octanol–water partition coefficient (Wildman–Crippen LogP) is 1.20. The standard InChI is InChI=1S/C11H15N3OS/c1-3-6-14(2)11(15)9-5-4-8(7-13-9)10(12)16/h4-5,7H,3,6H2,1-2H3,(H2,12,16). The number of carbonyl (C=O) groups excluding carboxylic acids is 1. The number of nitrogens with zero attached hydrogens (tertiary/aromatic N) is 2. The van der Waals surface area contributed by atoms with Crippen molar-refractivity contribution in [2.45, 2.75) is 13.3 Å². The highest BCUT2D eigenvalue weighted by molar-refractivity contribution is 7.80. The molecule has 0 bridgehead atoms. The molecular weight excluding hydrogens is 222 g/mol. The zero-order chi connectivity index (χ0) is 12.1. The van der Waals surface area contributed by atoms with Crippen molar-refractivity contribution >= 4 is 23.1 Å². The van der Waals surface area contributed by atoms with Gasteiger partial charge >= 0.3 is 0 Å². The number of nitrogens with two attached hydrogens (primary N) is 1. The van der Waals surface area contributed by atoms with Crippen LogP contribution in [0.2, 0.25) is 0 Å². The molecule has 86 valence electrons. The van der Waals surface area contributed by atoms with E-state index in [9.17, 15) is 4.79 Å². The maximum atomic E-state index is 11.8. The minimum atomic E-state index is -0.0867. The molecule has 1 amide bonds. The van der Waals surface area contributed by atoms with E-state index in [1.54, 1.807) is 24.1 Å². The summed E-state index contributed by atoms with van der Waals surface area (Å²) in [5, 5.41) is 0. The molecular formula is C11H15N3OS. The van der Waals surface area contributed by atoms with Crippen molar-refractivity contribution in [3.63, 3.8) is 0 Å². The van der Waals surface area contributed by atoms with Crippen LogP contribution in [0.4, 0.5) is 0 Å². The highest BCUT2D eigenvalue weighted by Gasteiger charge is 2.11. The van der Waals surface area contributed by atoms with Gasteiger partial charge in [0.1, 0.15) is 10.7 Å². The second kappa shape index (κ2) is 5.55. The second-order valence-corrected chi connectivity index (χ2v) is 3.96. The lowest BCUT2D eigenvalue weighted by atomic mass is 10.2. The first-order valence-electron chi connectivity index (χ1n) is 5.07.